The molecule has 0 aliphatic rings. The number of fused-ring (bicyclic) bond motifs is 1. The molecular weight excluding hydrogens is 440 g/mol. The van der Waals surface area contributed by atoms with Crippen LogP contribution in [0.5, 0.6) is 11.6 Å². The molecule has 0 saturated carbocycles. The summed E-state index contributed by atoms with van der Waals surface area (Å²) in [5.41, 5.74) is 2.58. The first-order chi connectivity index (χ1) is 16.5. The van der Waals surface area contributed by atoms with E-state index in [9.17, 15) is 13.6 Å². The summed E-state index contributed by atoms with van der Waals surface area (Å²) >= 11 is 0. The number of aromatic nitrogens is 3. The molecule has 5 aromatic rings. The third kappa shape index (κ3) is 4.53. The van der Waals surface area contributed by atoms with Crippen LogP contribution >= 0.6 is 0 Å². The van der Waals surface area contributed by atoms with Gasteiger partial charge in [0, 0.05) is 17.4 Å². The first-order valence-corrected chi connectivity index (χ1v) is 10.3. The van der Waals surface area contributed by atoms with E-state index < -0.39 is 17.7 Å². The van der Waals surface area contributed by atoms with Crippen molar-refractivity contribution < 1.29 is 18.3 Å². The highest BCUT2D eigenvalue weighted by atomic mass is 19.1. The van der Waals surface area contributed by atoms with Crippen molar-refractivity contribution in [1.29, 1.82) is 0 Å². The summed E-state index contributed by atoms with van der Waals surface area (Å²) in [6.07, 6.45) is 1.35. The quantitative estimate of drug-likeness (QED) is 0.287. The molecule has 5 rings (SSSR count). The van der Waals surface area contributed by atoms with Crippen LogP contribution in [0.3, 0.4) is 0 Å². The highest BCUT2D eigenvalue weighted by molar-refractivity contribution is 5.99. The fraction of sp³-hybridized carbons (Fsp3) is 0. The van der Waals surface area contributed by atoms with Gasteiger partial charge >= 0.3 is 6.03 Å². The summed E-state index contributed by atoms with van der Waals surface area (Å²) in [5.74, 6) is -0.762. The van der Waals surface area contributed by atoms with Gasteiger partial charge in [0.25, 0.3) is 0 Å². The van der Waals surface area contributed by atoms with Gasteiger partial charge in [-0.2, -0.15) is 0 Å². The molecule has 2 amide bonds. The molecule has 3 N–H and O–H groups in total. The van der Waals surface area contributed by atoms with Gasteiger partial charge in [-0.05, 0) is 42.0 Å². The Morgan fingerprint density at radius 1 is 0.882 bits per heavy atom. The molecule has 0 bridgehead atoms. The van der Waals surface area contributed by atoms with E-state index in [1.54, 1.807) is 0 Å². The standard InChI is InChI=1S/C25H17F2N5O2/c26-16-7-4-8-17(11-16)30-25(33)32-21-10-9-18(12-20(21)27)34-24-19-13-22(15-5-2-1-3-6-15)31-23(19)28-14-29-24/h1-14H,(H,28,29,31)(H2,30,32,33). The molecule has 0 fully saturated rings. The van der Waals surface area contributed by atoms with Gasteiger partial charge in [-0.25, -0.2) is 23.5 Å². The smallest absolute Gasteiger partial charge is 0.323 e. The minimum Gasteiger partial charge on any atom is -0.438 e. The highest BCUT2D eigenvalue weighted by Gasteiger charge is 2.13. The average molecular weight is 457 g/mol. The number of aromatic amines is 1. The molecule has 7 nitrogen and oxygen atoms in total. The number of anilines is 2. The summed E-state index contributed by atoms with van der Waals surface area (Å²) in [6.45, 7) is 0. The van der Waals surface area contributed by atoms with E-state index in [4.69, 9.17) is 4.74 Å². The Bertz CT molecular complexity index is 1490. The number of carbonyl (C=O) groups is 1. The van der Waals surface area contributed by atoms with Crippen LogP contribution in [-0.2, 0) is 0 Å². The van der Waals surface area contributed by atoms with Crippen molar-refractivity contribution in [1.82, 2.24) is 15.0 Å². The monoisotopic (exact) mass is 457 g/mol. The third-order valence-electron chi connectivity index (χ3n) is 4.96. The molecule has 0 spiro atoms. The zero-order valence-corrected chi connectivity index (χ0v) is 17.5. The molecule has 0 aliphatic carbocycles. The molecule has 0 unspecified atom stereocenters. The lowest BCUT2D eigenvalue weighted by atomic mass is 10.1. The van der Waals surface area contributed by atoms with Crippen molar-refractivity contribution >= 4 is 28.4 Å². The Labute approximate surface area is 192 Å². The van der Waals surface area contributed by atoms with Crippen LogP contribution in [0.4, 0.5) is 25.0 Å². The summed E-state index contributed by atoms with van der Waals surface area (Å²) in [5, 5.41) is 5.46. The lowest BCUT2D eigenvalue weighted by Crippen LogP contribution is -2.20. The maximum absolute atomic E-state index is 14.6. The molecule has 0 radical (unpaired) electrons. The summed E-state index contributed by atoms with van der Waals surface area (Å²) in [7, 11) is 0. The number of rotatable bonds is 5. The van der Waals surface area contributed by atoms with Crippen LogP contribution in [0.25, 0.3) is 22.3 Å². The van der Waals surface area contributed by atoms with E-state index in [1.165, 1.54) is 36.7 Å². The number of hydrogen-bond donors (Lipinski definition) is 3. The maximum atomic E-state index is 14.6. The fourth-order valence-corrected chi connectivity index (χ4v) is 3.39. The number of nitrogens with zero attached hydrogens (tertiary/aromatic N) is 2. The van der Waals surface area contributed by atoms with Crippen molar-refractivity contribution in [2.45, 2.75) is 0 Å². The lowest BCUT2D eigenvalue weighted by Gasteiger charge is -2.10. The molecular formula is C25H17F2N5O2. The second-order valence-electron chi connectivity index (χ2n) is 7.32. The minimum absolute atomic E-state index is 0.0675. The molecule has 0 saturated heterocycles. The maximum Gasteiger partial charge on any atom is 0.323 e. The summed E-state index contributed by atoms with van der Waals surface area (Å²) in [6, 6.07) is 20.2. The summed E-state index contributed by atoms with van der Waals surface area (Å²) < 4.78 is 33.7. The minimum atomic E-state index is -0.712. The summed E-state index contributed by atoms with van der Waals surface area (Å²) in [4.78, 5) is 23.8. The van der Waals surface area contributed by atoms with Gasteiger partial charge in [-0.3, -0.25) is 0 Å². The van der Waals surface area contributed by atoms with Crippen molar-refractivity contribution in [3.05, 3.63) is 96.8 Å². The van der Waals surface area contributed by atoms with Gasteiger partial charge in [0.05, 0.1) is 11.1 Å². The predicted octanol–water partition coefficient (Wildman–Crippen LogP) is 6.34. The van der Waals surface area contributed by atoms with Crippen molar-refractivity contribution in [3.8, 4) is 22.9 Å². The molecule has 2 aromatic heterocycles. The molecule has 0 aliphatic heterocycles. The molecule has 9 heteroatoms. The van der Waals surface area contributed by atoms with Gasteiger partial charge in [0.2, 0.25) is 5.88 Å². The Hall–Kier alpha value is -4.79. The van der Waals surface area contributed by atoms with E-state index in [-0.39, 0.29) is 23.0 Å². The second-order valence-corrected chi connectivity index (χ2v) is 7.32. The Morgan fingerprint density at radius 3 is 2.53 bits per heavy atom. The average Bonchev–Trinajstić information content (AvgIpc) is 3.27. The lowest BCUT2D eigenvalue weighted by molar-refractivity contribution is 0.262. The number of urea groups is 1. The number of hydrogen-bond acceptors (Lipinski definition) is 4. The number of halogens is 2. The van der Waals surface area contributed by atoms with Crippen LogP contribution in [-0.4, -0.2) is 21.0 Å². The van der Waals surface area contributed by atoms with E-state index in [1.807, 2.05) is 36.4 Å². The molecule has 34 heavy (non-hydrogen) atoms. The first-order valence-electron chi connectivity index (χ1n) is 10.3. The van der Waals surface area contributed by atoms with Crippen LogP contribution in [0, 0.1) is 11.6 Å². The normalized spacial score (nSPS) is 10.8. The van der Waals surface area contributed by atoms with Gasteiger partial charge < -0.3 is 20.4 Å². The number of carbonyl (C=O) groups excluding carboxylic acids is 1. The van der Waals surface area contributed by atoms with Crippen LogP contribution in [0.15, 0.2) is 85.2 Å². The number of ether oxygens (including phenoxy) is 1. The third-order valence-corrected chi connectivity index (χ3v) is 4.96. The van der Waals surface area contributed by atoms with E-state index in [2.05, 4.69) is 25.6 Å². The highest BCUT2D eigenvalue weighted by Crippen LogP contribution is 2.31. The van der Waals surface area contributed by atoms with Crippen molar-refractivity contribution in [3.63, 3.8) is 0 Å². The molecule has 168 valence electrons. The number of amides is 2. The van der Waals surface area contributed by atoms with E-state index in [0.717, 1.165) is 23.4 Å². The number of H-pyrrole nitrogens is 1. The zero-order chi connectivity index (χ0) is 23.5. The second kappa shape index (κ2) is 8.99. The number of benzene rings is 3. The van der Waals surface area contributed by atoms with Crippen LogP contribution in [0.1, 0.15) is 0 Å². The predicted molar refractivity (Wildman–Crippen MR) is 125 cm³/mol. The van der Waals surface area contributed by atoms with Gasteiger partial charge in [-0.1, -0.05) is 36.4 Å². The van der Waals surface area contributed by atoms with Gasteiger partial charge in [0.15, 0.2) is 0 Å². The van der Waals surface area contributed by atoms with Crippen LogP contribution < -0.4 is 15.4 Å². The van der Waals surface area contributed by atoms with E-state index in [0.29, 0.717) is 11.0 Å². The molecule has 2 heterocycles. The molecule has 3 aromatic carbocycles. The van der Waals surface area contributed by atoms with Crippen molar-refractivity contribution in [2.24, 2.45) is 0 Å². The van der Waals surface area contributed by atoms with Gasteiger partial charge in [-0.15, -0.1) is 0 Å². The largest absolute Gasteiger partial charge is 0.438 e. The number of nitrogens with one attached hydrogen (secondary N) is 3. The molecule has 0 atom stereocenters. The van der Waals surface area contributed by atoms with E-state index >= 15 is 0 Å². The topological polar surface area (TPSA) is 91.9 Å². The zero-order valence-electron chi connectivity index (χ0n) is 17.5. The Morgan fingerprint density at radius 2 is 1.74 bits per heavy atom. The SMILES string of the molecule is O=C(Nc1cccc(F)c1)Nc1ccc(Oc2ncnc3[nH]c(-c4ccccc4)cc23)cc1F. The van der Waals surface area contributed by atoms with Crippen LogP contribution in [0.2, 0.25) is 0 Å². The fourth-order valence-electron chi connectivity index (χ4n) is 3.39. The first kappa shape index (κ1) is 21.1. The van der Waals surface area contributed by atoms with Gasteiger partial charge in [0.1, 0.15) is 29.4 Å². The Kier molecular flexibility index (Phi) is 5.57. The Balaban J connectivity index is 1.33. The van der Waals surface area contributed by atoms with Crippen molar-refractivity contribution in [2.75, 3.05) is 10.6 Å².